The van der Waals surface area contributed by atoms with Crippen LogP contribution in [0.25, 0.3) is 0 Å². The van der Waals surface area contributed by atoms with Crippen molar-refractivity contribution < 1.29 is 31.9 Å². The van der Waals surface area contributed by atoms with E-state index in [2.05, 4.69) is 4.98 Å². The summed E-state index contributed by atoms with van der Waals surface area (Å²) in [7, 11) is 0. The van der Waals surface area contributed by atoms with Gasteiger partial charge in [-0.3, -0.25) is 0 Å². The van der Waals surface area contributed by atoms with Crippen LogP contribution in [0, 0.1) is 11.8 Å². The molecule has 1 aliphatic carbocycles. The predicted molar refractivity (Wildman–Crippen MR) is 144 cm³/mol. The van der Waals surface area contributed by atoms with Crippen LogP contribution in [0.3, 0.4) is 0 Å². The summed E-state index contributed by atoms with van der Waals surface area (Å²) in [5.74, 6) is 1.70. The van der Waals surface area contributed by atoms with Crippen LogP contribution in [0.4, 0.5) is 13.2 Å². The Morgan fingerprint density at radius 1 is 0.900 bits per heavy atom. The number of hydrogen-bond donors (Lipinski definition) is 1. The first-order chi connectivity index (χ1) is 19.3. The highest BCUT2D eigenvalue weighted by Crippen LogP contribution is 2.44. The zero-order valence-corrected chi connectivity index (χ0v) is 22.8. The lowest BCUT2D eigenvalue weighted by Gasteiger charge is -2.52. The molecule has 214 valence electrons. The van der Waals surface area contributed by atoms with Crippen LogP contribution in [-0.2, 0) is 29.7 Å². The third-order valence-corrected chi connectivity index (χ3v) is 9.57. The lowest BCUT2D eigenvalue weighted by molar-refractivity contribution is -0.959. The number of hydrogen-bond acceptors (Lipinski definition) is 4. The van der Waals surface area contributed by atoms with Gasteiger partial charge in [-0.05, 0) is 36.1 Å². The van der Waals surface area contributed by atoms with E-state index in [9.17, 15) is 18.3 Å². The number of ether oxygens (including phenoxy) is 1. The van der Waals surface area contributed by atoms with Crippen LogP contribution in [-0.4, -0.2) is 40.3 Å². The fraction of sp³-hybridized carbons (Fsp3) is 0.531. The van der Waals surface area contributed by atoms with Gasteiger partial charge in [0.15, 0.2) is 11.4 Å². The molecule has 0 amide bonds. The Kier molecular flexibility index (Phi) is 7.53. The monoisotopic (exact) mass is 555 g/mol. The van der Waals surface area contributed by atoms with Crippen LogP contribution in [0.15, 0.2) is 65.2 Å². The molecule has 2 bridgehead atoms. The zero-order chi connectivity index (χ0) is 27.8. The van der Waals surface area contributed by atoms with Crippen molar-refractivity contribution in [2.75, 3.05) is 19.6 Å². The van der Waals surface area contributed by atoms with Gasteiger partial charge in [0.2, 0.25) is 5.89 Å². The van der Waals surface area contributed by atoms with Gasteiger partial charge in [-0.15, -0.1) is 0 Å². The summed E-state index contributed by atoms with van der Waals surface area (Å²) < 4.78 is 52.3. The van der Waals surface area contributed by atoms with Crippen molar-refractivity contribution in [1.82, 2.24) is 4.98 Å². The first-order valence-corrected chi connectivity index (χ1v) is 14.6. The van der Waals surface area contributed by atoms with Gasteiger partial charge in [-0.25, -0.2) is 4.98 Å². The Morgan fingerprint density at radius 2 is 1.60 bits per heavy atom. The first-order valence-electron chi connectivity index (χ1n) is 14.6. The maximum Gasteiger partial charge on any atom is 0.416 e. The number of alkyl halides is 3. The molecule has 3 aromatic rings. The third kappa shape index (κ3) is 5.46. The number of benzene rings is 2. The fourth-order valence-electron chi connectivity index (χ4n) is 7.26. The highest BCUT2D eigenvalue weighted by atomic mass is 19.4. The Hall–Kier alpha value is -2.68. The molecule has 4 fully saturated rings. The van der Waals surface area contributed by atoms with Gasteiger partial charge in [0.05, 0.1) is 31.5 Å². The van der Waals surface area contributed by atoms with Gasteiger partial charge < -0.3 is 18.7 Å². The molecule has 1 N–H and O–H groups in total. The first kappa shape index (κ1) is 27.5. The van der Waals surface area contributed by atoms with Crippen molar-refractivity contribution >= 4 is 0 Å². The number of rotatable bonds is 8. The number of piperidine rings is 3. The van der Waals surface area contributed by atoms with Gasteiger partial charge in [-0.2, -0.15) is 13.2 Å². The number of quaternary nitrogens is 1. The molecule has 4 aliphatic rings. The van der Waals surface area contributed by atoms with Gasteiger partial charge in [-0.1, -0.05) is 61.7 Å². The van der Waals surface area contributed by atoms with Crippen LogP contribution in [0.1, 0.15) is 73.3 Å². The minimum absolute atomic E-state index is 0.0516. The molecular weight excluding hydrogens is 517 g/mol. The number of aliphatic hydroxyl groups is 1. The second-order valence-electron chi connectivity index (χ2n) is 12.1. The van der Waals surface area contributed by atoms with E-state index in [-0.39, 0.29) is 12.0 Å². The molecule has 1 aromatic heterocycles. The summed E-state index contributed by atoms with van der Waals surface area (Å²) >= 11 is 0. The summed E-state index contributed by atoms with van der Waals surface area (Å²) in [5, 5.41) is 12.2. The number of nitrogens with zero attached hydrogens (tertiary/aromatic N) is 2. The molecule has 7 rings (SSSR count). The normalized spacial score (nSPS) is 27.0. The molecule has 0 radical (unpaired) electrons. The quantitative estimate of drug-likeness (QED) is 0.310. The topological polar surface area (TPSA) is 55.5 Å². The molecule has 8 heteroatoms. The third-order valence-electron chi connectivity index (χ3n) is 9.57. The van der Waals surface area contributed by atoms with E-state index in [4.69, 9.17) is 9.15 Å². The predicted octanol–water partition coefficient (Wildman–Crippen LogP) is 6.84. The molecule has 4 heterocycles. The minimum Gasteiger partial charge on any atom is -0.436 e. The molecule has 1 saturated carbocycles. The number of fused-ring (bicyclic) bond motifs is 3. The minimum atomic E-state index is -4.33. The fourth-order valence-corrected chi connectivity index (χ4v) is 7.26. The smallest absolute Gasteiger partial charge is 0.416 e. The van der Waals surface area contributed by atoms with Crippen molar-refractivity contribution in [3.63, 3.8) is 0 Å². The van der Waals surface area contributed by atoms with Crippen molar-refractivity contribution in [1.29, 1.82) is 0 Å². The molecule has 0 unspecified atom stereocenters. The molecule has 2 aromatic carbocycles. The average molecular weight is 556 g/mol. The van der Waals surface area contributed by atoms with E-state index in [0.717, 1.165) is 91.7 Å². The van der Waals surface area contributed by atoms with Crippen LogP contribution in [0.5, 0.6) is 0 Å². The largest absolute Gasteiger partial charge is 0.436 e. The Morgan fingerprint density at radius 3 is 2.27 bits per heavy atom. The lowest BCUT2D eigenvalue weighted by atomic mass is 9.73. The molecule has 2 atom stereocenters. The molecule has 0 spiro atoms. The number of oxazole rings is 1. The van der Waals surface area contributed by atoms with Gasteiger partial charge in [0, 0.05) is 24.7 Å². The zero-order valence-electron chi connectivity index (χ0n) is 22.8. The Balaban J connectivity index is 1.16. The second kappa shape index (κ2) is 11.0. The van der Waals surface area contributed by atoms with E-state index in [1.807, 2.05) is 30.3 Å². The van der Waals surface area contributed by atoms with E-state index in [1.165, 1.54) is 18.6 Å². The van der Waals surface area contributed by atoms with E-state index >= 15 is 0 Å². The Bertz CT molecular complexity index is 1260. The average Bonchev–Trinajstić information content (AvgIpc) is 3.45. The van der Waals surface area contributed by atoms with E-state index < -0.39 is 17.3 Å². The van der Waals surface area contributed by atoms with E-state index in [1.54, 1.807) is 6.20 Å². The van der Waals surface area contributed by atoms with Crippen LogP contribution in [0.2, 0.25) is 0 Å². The SMILES string of the molecule is O[C@](c1ccccc1)(c1ncc(C[N+]23CCC(CC2)[C@@H](OCc2ccc(C(F)(F)F)cc2)C3)o1)C1CCCCC1. The van der Waals surface area contributed by atoms with Crippen molar-refractivity contribution in [2.24, 2.45) is 11.8 Å². The Labute approximate surface area is 233 Å². The molecule has 40 heavy (non-hydrogen) atoms. The maximum absolute atomic E-state index is 12.9. The number of aromatic nitrogens is 1. The van der Waals surface area contributed by atoms with Crippen molar-refractivity contribution in [3.05, 3.63) is 89.1 Å². The molecule has 3 saturated heterocycles. The second-order valence-corrected chi connectivity index (χ2v) is 12.1. The maximum atomic E-state index is 12.9. The summed E-state index contributed by atoms with van der Waals surface area (Å²) in [6.45, 7) is 3.90. The van der Waals surface area contributed by atoms with Crippen LogP contribution < -0.4 is 0 Å². The summed E-state index contributed by atoms with van der Waals surface area (Å²) in [5.41, 5.74) is -0.309. The molecule has 3 aliphatic heterocycles. The highest BCUT2D eigenvalue weighted by molar-refractivity contribution is 5.30. The number of halogens is 3. The van der Waals surface area contributed by atoms with E-state index in [0.29, 0.717) is 25.0 Å². The summed E-state index contributed by atoms with van der Waals surface area (Å²) in [6.07, 6.45) is 4.90. The summed E-state index contributed by atoms with van der Waals surface area (Å²) in [4.78, 5) is 4.66. The molecular formula is C32H38F3N2O3+. The standard InChI is InChI=1S/C32H38F3N2O3/c33-32(34,35)27-13-11-23(12-14-27)22-39-29-21-37(17-15-24(29)16-18-37)20-28-19-36-30(40-28)31(38,25-7-3-1-4-8-25)26-9-5-2-6-10-26/h1,3-4,7-8,11-14,19,24,26,29,38H,2,5-6,9-10,15-18,20-22H2/q+1/t24?,29-,31-,37?/m0/s1. The van der Waals surface area contributed by atoms with Gasteiger partial charge in [0.1, 0.15) is 19.2 Å². The lowest BCUT2D eigenvalue weighted by Crippen LogP contribution is -2.63. The molecule has 5 nitrogen and oxygen atoms in total. The van der Waals surface area contributed by atoms with Gasteiger partial charge >= 0.3 is 6.18 Å². The summed E-state index contributed by atoms with van der Waals surface area (Å²) in [6, 6.07) is 15.0. The highest BCUT2D eigenvalue weighted by Gasteiger charge is 2.48. The van der Waals surface area contributed by atoms with Gasteiger partial charge in [0.25, 0.3) is 0 Å². The van der Waals surface area contributed by atoms with Crippen LogP contribution >= 0.6 is 0 Å². The van der Waals surface area contributed by atoms with Crippen molar-refractivity contribution in [3.8, 4) is 0 Å². The van der Waals surface area contributed by atoms with Crippen molar-refractivity contribution in [2.45, 2.75) is 76.0 Å².